The zero-order chi connectivity index (χ0) is 14.0. The second-order valence-electron chi connectivity index (χ2n) is 6.18. The van der Waals surface area contributed by atoms with Gasteiger partial charge in [0.1, 0.15) is 11.7 Å². The number of rotatable bonds is 5. The standard InChI is InChI=1S/C15H24O4/c1-3-4-9-19-12-6-5-10-13(14(17)18)11(16)7-8-15(10,12)2/h10,12-13H,3-9H2,1-2H3,(H,17,18)/t10-,12-,13?,15-/m1/s1. The third-order valence-electron chi connectivity index (χ3n) is 5.06. The maximum atomic E-state index is 11.9. The molecule has 4 heteroatoms. The van der Waals surface area contributed by atoms with Crippen LogP contribution >= 0.6 is 0 Å². The van der Waals surface area contributed by atoms with Gasteiger partial charge in [0.15, 0.2) is 0 Å². The van der Waals surface area contributed by atoms with Crippen LogP contribution in [-0.4, -0.2) is 29.6 Å². The average molecular weight is 268 g/mol. The number of ketones is 1. The molecule has 2 aliphatic rings. The molecule has 108 valence electrons. The fourth-order valence-electron chi connectivity index (χ4n) is 3.85. The molecule has 1 N–H and O–H groups in total. The van der Waals surface area contributed by atoms with Gasteiger partial charge >= 0.3 is 5.97 Å². The minimum atomic E-state index is -0.949. The number of ether oxygens (including phenoxy) is 1. The van der Waals surface area contributed by atoms with Crippen molar-refractivity contribution in [1.82, 2.24) is 0 Å². The Bertz CT molecular complexity index is 365. The predicted octanol–water partition coefficient (Wildman–Crippen LogP) is 2.65. The molecule has 0 bridgehead atoms. The number of carboxylic acids is 1. The largest absolute Gasteiger partial charge is 0.481 e. The van der Waals surface area contributed by atoms with Crippen LogP contribution in [0, 0.1) is 17.3 Å². The second-order valence-corrected chi connectivity index (χ2v) is 6.18. The summed E-state index contributed by atoms with van der Waals surface area (Å²) in [5, 5.41) is 9.31. The molecule has 0 aliphatic heterocycles. The first-order valence-electron chi connectivity index (χ1n) is 7.37. The van der Waals surface area contributed by atoms with E-state index in [1.54, 1.807) is 0 Å². The number of aliphatic carboxylic acids is 1. The zero-order valence-corrected chi connectivity index (χ0v) is 11.9. The zero-order valence-electron chi connectivity index (χ0n) is 11.9. The lowest BCUT2D eigenvalue weighted by atomic mass is 9.63. The lowest BCUT2D eigenvalue weighted by Gasteiger charge is -2.42. The molecular weight excluding hydrogens is 244 g/mol. The summed E-state index contributed by atoms with van der Waals surface area (Å²) >= 11 is 0. The fourth-order valence-corrected chi connectivity index (χ4v) is 3.85. The normalized spacial score (nSPS) is 38.2. The van der Waals surface area contributed by atoms with Crippen molar-refractivity contribution in [3.8, 4) is 0 Å². The third kappa shape index (κ3) is 2.55. The van der Waals surface area contributed by atoms with E-state index in [-0.39, 0.29) is 23.2 Å². The van der Waals surface area contributed by atoms with Crippen LogP contribution in [0.25, 0.3) is 0 Å². The molecule has 0 saturated heterocycles. The number of carboxylic acid groups (broad SMARTS) is 1. The second kappa shape index (κ2) is 5.61. The van der Waals surface area contributed by atoms with Crippen LogP contribution in [0.3, 0.4) is 0 Å². The molecule has 4 atom stereocenters. The van der Waals surface area contributed by atoms with Crippen LogP contribution in [0.5, 0.6) is 0 Å². The maximum Gasteiger partial charge on any atom is 0.314 e. The van der Waals surface area contributed by atoms with Crippen LogP contribution in [0.1, 0.15) is 52.4 Å². The summed E-state index contributed by atoms with van der Waals surface area (Å²) in [5.41, 5.74) is -0.134. The molecule has 2 aliphatic carbocycles. The van der Waals surface area contributed by atoms with Crippen LogP contribution in [0.15, 0.2) is 0 Å². The Morgan fingerprint density at radius 2 is 2.21 bits per heavy atom. The van der Waals surface area contributed by atoms with Gasteiger partial charge in [0, 0.05) is 13.0 Å². The number of fused-ring (bicyclic) bond motifs is 1. The van der Waals surface area contributed by atoms with Crippen molar-refractivity contribution in [3.63, 3.8) is 0 Å². The van der Waals surface area contributed by atoms with Crippen molar-refractivity contribution in [1.29, 1.82) is 0 Å². The number of hydrogen-bond donors (Lipinski definition) is 1. The minimum Gasteiger partial charge on any atom is -0.481 e. The highest BCUT2D eigenvalue weighted by Crippen LogP contribution is 2.54. The molecule has 0 amide bonds. The highest BCUT2D eigenvalue weighted by atomic mass is 16.5. The number of carbonyl (C=O) groups excluding carboxylic acids is 1. The van der Waals surface area contributed by atoms with Crippen molar-refractivity contribution in [2.75, 3.05) is 6.61 Å². The van der Waals surface area contributed by atoms with E-state index in [2.05, 4.69) is 13.8 Å². The Labute approximate surface area is 114 Å². The van der Waals surface area contributed by atoms with E-state index in [0.717, 1.165) is 38.7 Å². The molecule has 1 unspecified atom stereocenters. The van der Waals surface area contributed by atoms with Gasteiger partial charge in [0.2, 0.25) is 0 Å². The number of Topliss-reactive ketones (excluding diaryl/α,β-unsaturated/α-hetero) is 1. The van der Waals surface area contributed by atoms with E-state index in [4.69, 9.17) is 4.74 Å². The third-order valence-corrected chi connectivity index (χ3v) is 5.06. The minimum absolute atomic E-state index is 0.0436. The van der Waals surface area contributed by atoms with Crippen LogP contribution < -0.4 is 0 Å². The maximum absolute atomic E-state index is 11.9. The van der Waals surface area contributed by atoms with Gasteiger partial charge in [-0.15, -0.1) is 0 Å². The monoisotopic (exact) mass is 268 g/mol. The van der Waals surface area contributed by atoms with Crippen molar-refractivity contribution >= 4 is 11.8 Å². The van der Waals surface area contributed by atoms with E-state index in [0.29, 0.717) is 6.42 Å². The lowest BCUT2D eigenvalue weighted by Crippen LogP contribution is -2.47. The number of hydrogen-bond acceptors (Lipinski definition) is 3. The quantitative estimate of drug-likeness (QED) is 0.615. The smallest absolute Gasteiger partial charge is 0.314 e. The number of carbonyl (C=O) groups is 2. The molecule has 0 heterocycles. The number of unbranched alkanes of at least 4 members (excludes halogenated alkanes) is 1. The van der Waals surface area contributed by atoms with Gasteiger partial charge in [-0.2, -0.15) is 0 Å². The van der Waals surface area contributed by atoms with Gasteiger partial charge in [0.25, 0.3) is 0 Å². The first-order chi connectivity index (χ1) is 9.00. The fraction of sp³-hybridized carbons (Fsp3) is 0.867. The summed E-state index contributed by atoms with van der Waals surface area (Å²) in [6.07, 6.45) is 5.12. The summed E-state index contributed by atoms with van der Waals surface area (Å²) < 4.78 is 5.97. The van der Waals surface area contributed by atoms with Crippen molar-refractivity contribution in [2.45, 2.75) is 58.5 Å². The SMILES string of the molecule is CCCCO[C@@H]1CC[C@@H]2C(C(=O)O)C(=O)CC[C@]21C. The molecule has 0 radical (unpaired) electrons. The molecule has 2 rings (SSSR count). The first kappa shape index (κ1) is 14.5. The molecule has 0 aromatic carbocycles. The van der Waals surface area contributed by atoms with Crippen molar-refractivity contribution in [3.05, 3.63) is 0 Å². The Kier molecular flexibility index (Phi) is 4.29. The molecule has 0 aromatic heterocycles. The summed E-state index contributed by atoms with van der Waals surface area (Å²) in [6.45, 7) is 4.99. The van der Waals surface area contributed by atoms with E-state index in [1.807, 2.05) is 0 Å². The molecule has 2 saturated carbocycles. The summed E-state index contributed by atoms with van der Waals surface area (Å²) in [7, 11) is 0. The van der Waals surface area contributed by atoms with Crippen molar-refractivity contribution < 1.29 is 19.4 Å². The van der Waals surface area contributed by atoms with Gasteiger partial charge in [-0.1, -0.05) is 20.3 Å². The Morgan fingerprint density at radius 3 is 2.84 bits per heavy atom. The van der Waals surface area contributed by atoms with Crippen LogP contribution in [-0.2, 0) is 14.3 Å². The highest BCUT2D eigenvalue weighted by Gasteiger charge is 2.56. The van der Waals surface area contributed by atoms with Crippen LogP contribution in [0.4, 0.5) is 0 Å². The van der Waals surface area contributed by atoms with E-state index in [9.17, 15) is 14.7 Å². The molecule has 19 heavy (non-hydrogen) atoms. The molecular formula is C15H24O4. The highest BCUT2D eigenvalue weighted by molar-refractivity contribution is 5.99. The van der Waals surface area contributed by atoms with Gasteiger partial charge in [-0.3, -0.25) is 9.59 Å². The molecule has 0 spiro atoms. The summed E-state index contributed by atoms with van der Waals surface area (Å²) in [5.74, 6) is -1.89. The molecule has 0 aromatic rings. The predicted molar refractivity (Wildman–Crippen MR) is 70.8 cm³/mol. The average Bonchev–Trinajstić information content (AvgIpc) is 2.67. The van der Waals surface area contributed by atoms with Crippen molar-refractivity contribution in [2.24, 2.45) is 17.3 Å². The summed E-state index contributed by atoms with van der Waals surface area (Å²) in [6, 6.07) is 0. The Morgan fingerprint density at radius 1 is 1.47 bits per heavy atom. The van der Waals surface area contributed by atoms with Crippen LogP contribution in [0.2, 0.25) is 0 Å². The molecule has 4 nitrogen and oxygen atoms in total. The lowest BCUT2D eigenvalue weighted by molar-refractivity contribution is -0.156. The van der Waals surface area contributed by atoms with Gasteiger partial charge in [0.05, 0.1) is 6.10 Å². The molecule has 2 fully saturated rings. The summed E-state index contributed by atoms with van der Waals surface area (Å²) in [4.78, 5) is 23.2. The first-order valence-corrected chi connectivity index (χ1v) is 7.37. The topological polar surface area (TPSA) is 63.6 Å². The Hall–Kier alpha value is -0.900. The van der Waals surface area contributed by atoms with E-state index < -0.39 is 11.9 Å². The van der Waals surface area contributed by atoms with Gasteiger partial charge in [-0.05, 0) is 37.0 Å². The van der Waals surface area contributed by atoms with E-state index in [1.165, 1.54) is 0 Å². The Balaban J connectivity index is 2.10. The van der Waals surface area contributed by atoms with Gasteiger partial charge < -0.3 is 9.84 Å². The van der Waals surface area contributed by atoms with E-state index >= 15 is 0 Å². The van der Waals surface area contributed by atoms with Gasteiger partial charge in [-0.25, -0.2) is 0 Å².